The number of aryl methyl sites for hydroxylation is 1. The third-order valence-corrected chi connectivity index (χ3v) is 5.74. The van der Waals surface area contributed by atoms with Crippen molar-refractivity contribution in [3.63, 3.8) is 0 Å². The summed E-state index contributed by atoms with van der Waals surface area (Å²) >= 11 is 5.96. The summed E-state index contributed by atoms with van der Waals surface area (Å²) < 4.78 is 5.28. The fourth-order valence-electron chi connectivity index (χ4n) is 3.82. The fourth-order valence-corrected chi connectivity index (χ4v) is 3.95. The van der Waals surface area contributed by atoms with Crippen molar-refractivity contribution in [2.75, 3.05) is 13.1 Å². The number of nitrogens with one attached hydrogen (secondary N) is 2. The Hall–Kier alpha value is -2.70. The van der Waals surface area contributed by atoms with Gasteiger partial charge < -0.3 is 14.7 Å². The molecule has 2 N–H and O–H groups in total. The number of benzene rings is 2. The maximum absolute atomic E-state index is 12.3. The molecule has 0 radical (unpaired) electrons. The number of halogens is 1. The highest BCUT2D eigenvalue weighted by Crippen LogP contribution is 2.15. The molecule has 6 nitrogen and oxygen atoms in total. The first-order valence-electron chi connectivity index (χ1n) is 10.4. The van der Waals surface area contributed by atoms with Gasteiger partial charge in [0.2, 0.25) is 17.6 Å². The Morgan fingerprint density at radius 3 is 2.57 bits per heavy atom. The molecular weight excluding hydrogens is 400 g/mol. The molecule has 1 aliphatic rings. The Labute approximate surface area is 181 Å². The molecule has 7 heteroatoms. The molecule has 0 bridgehead atoms. The topological polar surface area (TPSA) is 72.5 Å². The van der Waals surface area contributed by atoms with E-state index >= 15 is 0 Å². The molecule has 156 valence electrons. The van der Waals surface area contributed by atoms with Gasteiger partial charge in [-0.05, 0) is 12.1 Å². The van der Waals surface area contributed by atoms with Crippen LogP contribution in [0.3, 0.4) is 0 Å². The lowest BCUT2D eigenvalue weighted by Gasteiger charge is -2.29. The van der Waals surface area contributed by atoms with Crippen molar-refractivity contribution in [1.82, 2.24) is 15.5 Å². The highest BCUT2D eigenvalue weighted by molar-refractivity contribution is 6.30. The van der Waals surface area contributed by atoms with Gasteiger partial charge in [-0.25, -0.2) is 0 Å². The van der Waals surface area contributed by atoms with Gasteiger partial charge in [0, 0.05) is 47.9 Å². The minimum absolute atomic E-state index is 0.0422. The molecule has 0 spiro atoms. The number of nitrogens with zero attached hydrogens (tertiary/aromatic N) is 2. The summed E-state index contributed by atoms with van der Waals surface area (Å²) in [6.45, 7) is 3.11. The molecule has 0 aliphatic carbocycles. The number of aromatic nitrogens is 2. The van der Waals surface area contributed by atoms with Crippen molar-refractivity contribution in [1.29, 1.82) is 0 Å². The summed E-state index contributed by atoms with van der Waals surface area (Å²) in [6, 6.07) is 18.0. The predicted octanol–water partition coefficient (Wildman–Crippen LogP) is 2.69. The van der Waals surface area contributed by atoms with E-state index in [-0.39, 0.29) is 11.9 Å². The van der Waals surface area contributed by atoms with Gasteiger partial charge in [-0.15, -0.1) is 0 Å². The van der Waals surface area contributed by atoms with Gasteiger partial charge in [-0.1, -0.05) is 59.2 Å². The zero-order valence-electron chi connectivity index (χ0n) is 16.8. The zero-order chi connectivity index (χ0) is 20.8. The second-order valence-electron chi connectivity index (χ2n) is 7.77. The lowest BCUT2D eigenvalue weighted by Crippen LogP contribution is -3.12. The first-order valence-corrected chi connectivity index (χ1v) is 10.8. The number of carbonyl (C=O) groups is 1. The standard InChI is InChI=1S/C23H25ClN4O2/c24-19-8-6-17(7-9-19)16-28-14-12-20(13-15-28)25-21(29)10-11-22-26-23(27-30-22)18-4-2-1-3-5-18/h1-9,20H,10-16H2,(H,25,29)/p+1. The van der Waals surface area contributed by atoms with Gasteiger partial charge in [-0.2, -0.15) is 4.98 Å². The van der Waals surface area contributed by atoms with Crippen LogP contribution in [0.5, 0.6) is 0 Å². The Morgan fingerprint density at radius 1 is 1.10 bits per heavy atom. The Morgan fingerprint density at radius 2 is 1.83 bits per heavy atom. The van der Waals surface area contributed by atoms with Crippen LogP contribution in [-0.2, 0) is 17.8 Å². The number of likely N-dealkylation sites (tertiary alicyclic amines) is 1. The molecule has 4 rings (SSSR count). The van der Waals surface area contributed by atoms with Gasteiger partial charge in [0.25, 0.3) is 0 Å². The number of quaternary nitrogens is 1. The molecule has 0 unspecified atom stereocenters. The molecule has 0 atom stereocenters. The molecule has 1 aliphatic heterocycles. The summed E-state index contributed by atoms with van der Waals surface area (Å²) in [6.07, 6.45) is 2.79. The summed E-state index contributed by atoms with van der Waals surface area (Å²) in [5.41, 5.74) is 2.20. The summed E-state index contributed by atoms with van der Waals surface area (Å²) in [4.78, 5) is 18.3. The van der Waals surface area contributed by atoms with Crippen molar-refractivity contribution in [2.24, 2.45) is 0 Å². The lowest BCUT2D eigenvalue weighted by atomic mass is 10.0. The van der Waals surface area contributed by atoms with Gasteiger partial charge >= 0.3 is 0 Å². The average molecular weight is 426 g/mol. The maximum atomic E-state index is 12.3. The summed E-state index contributed by atoms with van der Waals surface area (Å²) in [5.74, 6) is 1.09. The first-order chi connectivity index (χ1) is 14.7. The van der Waals surface area contributed by atoms with Crippen LogP contribution in [0.25, 0.3) is 11.4 Å². The highest BCUT2D eigenvalue weighted by Gasteiger charge is 2.23. The van der Waals surface area contributed by atoms with Crippen molar-refractivity contribution in [2.45, 2.75) is 38.3 Å². The molecular formula is C23H26ClN4O2+. The molecule has 3 aromatic rings. The molecule has 1 fully saturated rings. The van der Waals surface area contributed by atoms with Crippen LogP contribution in [0.2, 0.25) is 5.02 Å². The van der Waals surface area contributed by atoms with Crippen molar-refractivity contribution in [3.05, 3.63) is 71.1 Å². The SMILES string of the molecule is O=C(CCc1nc(-c2ccccc2)no1)NC1CC[NH+](Cc2ccc(Cl)cc2)CC1. The smallest absolute Gasteiger partial charge is 0.227 e. The van der Waals surface area contributed by atoms with E-state index in [4.69, 9.17) is 16.1 Å². The first kappa shape index (κ1) is 20.6. The second kappa shape index (κ2) is 9.87. The van der Waals surface area contributed by atoms with E-state index in [1.54, 1.807) is 4.90 Å². The third kappa shape index (κ3) is 5.68. The third-order valence-electron chi connectivity index (χ3n) is 5.49. The summed E-state index contributed by atoms with van der Waals surface area (Å²) in [7, 11) is 0. The monoisotopic (exact) mass is 425 g/mol. The minimum Gasteiger partial charge on any atom is -0.353 e. The van der Waals surface area contributed by atoms with Crippen molar-refractivity contribution < 1.29 is 14.2 Å². The van der Waals surface area contributed by atoms with Crippen LogP contribution in [-0.4, -0.2) is 35.2 Å². The number of piperidine rings is 1. The van der Waals surface area contributed by atoms with E-state index in [1.807, 2.05) is 42.5 Å². The Kier molecular flexibility index (Phi) is 6.77. The van der Waals surface area contributed by atoms with Gasteiger partial charge in [0.1, 0.15) is 6.54 Å². The number of hydrogen-bond acceptors (Lipinski definition) is 4. The van der Waals surface area contributed by atoms with Crippen molar-refractivity contribution >= 4 is 17.5 Å². The minimum atomic E-state index is 0.0422. The van der Waals surface area contributed by atoms with Crippen LogP contribution >= 0.6 is 11.6 Å². The van der Waals surface area contributed by atoms with Gasteiger partial charge in [-0.3, -0.25) is 4.79 Å². The van der Waals surface area contributed by atoms with Crippen LogP contribution < -0.4 is 10.2 Å². The molecule has 2 aromatic carbocycles. The van der Waals surface area contributed by atoms with Crippen LogP contribution in [0.15, 0.2) is 59.1 Å². The molecule has 1 aromatic heterocycles. The second-order valence-corrected chi connectivity index (χ2v) is 8.21. The van der Waals surface area contributed by atoms with E-state index in [0.717, 1.165) is 43.1 Å². The lowest BCUT2D eigenvalue weighted by molar-refractivity contribution is -0.918. The highest BCUT2D eigenvalue weighted by atomic mass is 35.5. The zero-order valence-corrected chi connectivity index (χ0v) is 17.6. The fraction of sp³-hybridized carbons (Fsp3) is 0.348. The Bertz CT molecular complexity index is 951. The van der Waals surface area contributed by atoms with Crippen LogP contribution in [0.4, 0.5) is 0 Å². The van der Waals surface area contributed by atoms with Crippen LogP contribution in [0, 0.1) is 0 Å². The summed E-state index contributed by atoms with van der Waals surface area (Å²) in [5, 5.41) is 7.93. The number of rotatable bonds is 7. The van der Waals surface area contributed by atoms with E-state index in [1.165, 1.54) is 5.56 Å². The molecule has 1 saturated heterocycles. The van der Waals surface area contributed by atoms with Crippen molar-refractivity contribution in [3.8, 4) is 11.4 Å². The number of hydrogen-bond donors (Lipinski definition) is 2. The molecule has 1 amide bonds. The van der Waals surface area contributed by atoms with Gasteiger partial charge in [0.05, 0.1) is 13.1 Å². The molecule has 0 saturated carbocycles. The van der Waals surface area contributed by atoms with Crippen LogP contribution in [0.1, 0.15) is 30.7 Å². The predicted molar refractivity (Wildman–Crippen MR) is 115 cm³/mol. The number of carbonyl (C=O) groups excluding carboxylic acids is 1. The molecule has 2 heterocycles. The normalized spacial score (nSPS) is 18.8. The number of amides is 1. The van der Waals surface area contributed by atoms with Gasteiger partial charge in [0.15, 0.2) is 0 Å². The quantitative estimate of drug-likeness (QED) is 0.610. The Balaban J connectivity index is 1.18. The van der Waals surface area contributed by atoms with E-state index in [0.29, 0.717) is 24.6 Å². The van der Waals surface area contributed by atoms with E-state index in [9.17, 15) is 4.79 Å². The van der Waals surface area contributed by atoms with E-state index in [2.05, 4.69) is 27.6 Å². The average Bonchev–Trinajstić information content (AvgIpc) is 3.25. The molecule has 30 heavy (non-hydrogen) atoms. The van der Waals surface area contributed by atoms with E-state index < -0.39 is 0 Å². The maximum Gasteiger partial charge on any atom is 0.227 e. The largest absolute Gasteiger partial charge is 0.353 e.